The Hall–Kier alpha value is -0.930. The number of hydrogen-bond donors (Lipinski definition) is 2. The predicted octanol–water partition coefficient (Wildman–Crippen LogP) is 0.476. The van der Waals surface area contributed by atoms with Crippen LogP contribution in [0, 0.1) is 0 Å². The maximum atomic E-state index is 5.24. The highest BCUT2D eigenvalue weighted by Gasteiger charge is 1.99. The molecule has 3 N–H and O–H groups in total. The Balaban J connectivity index is 2.51. The first-order valence-corrected chi connectivity index (χ1v) is 3.69. The summed E-state index contributed by atoms with van der Waals surface area (Å²) in [6.07, 6.45) is 2.66. The molecule has 0 saturated heterocycles. The molecule has 1 unspecified atom stereocenters. The molecule has 0 spiro atoms. The van der Waals surface area contributed by atoms with Gasteiger partial charge in [-0.05, 0) is 19.1 Å². The molecule has 0 amide bonds. The largest absolute Gasteiger partial charge is 0.271 e. The van der Waals surface area contributed by atoms with Crippen molar-refractivity contribution in [2.24, 2.45) is 5.84 Å². The fourth-order valence-electron chi connectivity index (χ4n) is 0.892. The van der Waals surface area contributed by atoms with Crippen molar-refractivity contribution in [3.63, 3.8) is 0 Å². The molecule has 3 nitrogen and oxygen atoms in total. The van der Waals surface area contributed by atoms with Crippen LogP contribution in [0.25, 0.3) is 0 Å². The molecule has 0 aliphatic rings. The number of pyridine rings is 1. The standard InChI is InChI=1S/C8H13N3/c1-7(11-9)6-8-4-2-3-5-10-8/h2-5,7,11H,6,9H2,1H3. The lowest BCUT2D eigenvalue weighted by Crippen LogP contribution is -2.34. The zero-order valence-electron chi connectivity index (χ0n) is 6.62. The first kappa shape index (κ1) is 8.17. The number of nitrogens with two attached hydrogens (primary N) is 1. The molecular formula is C8H13N3. The van der Waals surface area contributed by atoms with E-state index in [-0.39, 0.29) is 6.04 Å². The Morgan fingerprint density at radius 1 is 1.64 bits per heavy atom. The summed E-state index contributed by atoms with van der Waals surface area (Å²) < 4.78 is 0. The van der Waals surface area contributed by atoms with Crippen LogP contribution in [0.15, 0.2) is 24.4 Å². The Morgan fingerprint density at radius 2 is 2.45 bits per heavy atom. The number of hydrogen-bond acceptors (Lipinski definition) is 3. The Kier molecular flexibility index (Phi) is 3.01. The minimum absolute atomic E-state index is 0.282. The maximum Gasteiger partial charge on any atom is 0.0419 e. The summed E-state index contributed by atoms with van der Waals surface area (Å²) in [4.78, 5) is 4.17. The van der Waals surface area contributed by atoms with E-state index in [0.717, 1.165) is 12.1 Å². The number of nitrogens with zero attached hydrogens (tertiary/aromatic N) is 1. The highest BCUT2D eigenvalue weighted by molar-refractivity contribution is 5.04. The van der Waals surface area contributed by atoms with Gasteiger partial charge in [-0.15, -0.1) is 0 Å². The van der Waals surface area contributed by atoms with Crippen molar-refractivity contribution in [1.29, 1.82) is 0 Å². The van der Waals surface area contributed by atoms with E-state index in [4.69, 9.17) is 5.84 Å². The molecule has 1 aromatic rings. The third kappa shape index (κ3) is 2.65. The van der Waals surface area contributed by atoms with Gasteiger partial charge in [0.25, 0.3) is 0 Å². The van der Waals surface area contributed by atoms with Gasteiger partial charge in [-0.3, -0.25) is 16.3 Å². The van der Waals surface area contributed by atoms with Crippen LogP contribution in [0.4, 0.5) is 0 Å². The van der Waals surface area contributed by atoms with Gasteiger partial charge in [0.15, 0.2) is 0 Å². The van der Waals surface area contributed by atoms with E-state index in [1.807, 2.05) is 25.1 Å². The second-order valence-corrected chi connectivity index (χ2v) is 2.59. The normalized spacial score (nSPS) is 12.9. The number of aromatic nitrogens is 1. The second-order valence-electron chi connectivity index (χ2n) is 2.59. The molecule has 0 radical (unpaired) electrons. The molecule has 1 heterocycles. The molecule has 1 aromatic heterocycles. The minimum Gasteiger partial charge on any atom is -0.271 e. The van der Waals surface area contributed by atoms with E-state index < -0.39 is 0 Å². The van der Waals surface area contributed by atoms with Crippen LogP contribution in [0.3, 0.4) is 0 Å². The molecule has 0 aliphatic carbocycles. The predicted molar refractivity (Wildman–Crippen MR) is 44.7 cm³/mol. The van der Waals surface area contributed by atoms with Gasteiger partial charge in [0.05, 0.1) is 0 Å². The van der Waals surface area contributed by atoms with Crippen molar-refractivity contribution >= 4 is 0 Å². The van der Waals surface area contributed by atoms with Crippen LogP contribution >= 0.6 is 0 Å². The molecule has 0 bridgehead atoms. The van der Waals surface area contributed by atoms with E-state index in [2.05, 4.69) is 10.4 Å². The summed E-state index contributed by atoms with van der Waals surface area (Å²) in [5, 5.41) is 0. The van der Waals surface area contributed by atoms with E-state index in [9.17, 15) is 0 Å². The summed E-state index contributed by atoms with van der Waals surface area (Å²) in [7, 11) is 0. The number of rotatable bonds is 3. The van der Waals surface area contributed by atoms with Gasteiger partial charge in [0.2, 0.25) is 0 Å². The molecular weight excluding hydrogens is 138 g/mol. The minimum atomic E-state index is 0.282. The summed E-state index contributed by atoms with van der Waals surface area (Å²) >= 11 is 0. The van der Waals surface area contributed by atoms with Crippen molar-refractivity contribution in [2.45, 2.75) is 19.4 Å². The highest BCUT2D eigenvalue weighted by atomic mass is 15.2. The third-order valence-electron chi connectivity index (χ3n) is 1.53. The van der Waals surface area contributed by atoms with Crippen molar-refractivity contribution in [2.75, 3.05) is 0 Å². The second kappa shape index (κ2) is 4.05. The van der Waals surface area contributed by atoms with Crippen LogP contribution in [0.2, 0.25) is 0 Å². The van der Waals surface area contributed by atoms with Crippen molar-refractivity contribution in [1.82, 2.24) is 10.4 Å². The van der Waals surface area contributed by atoms with Crippen LogP contribution in [0.1, 0.15) is 12.6 Å². The van der Waals surface area contributed by atoms with Crippen molar-refractivity contribution in [3.05, 3.63) is 30.1 Å². The first-order chi connectivity index (χ1) is 5.33. The summed E-state index contributed by atoms with van der Waals surface area (Å²) in [6.45, 7) is 2.02. The zero-order chi connectivity index (χ0) is 8.10. The molecule has 3 heteroatoms. The van der Waals surface area contributed by atoms with Gasteiger partial charge in [0.1, 0.15) is 0 Å². The van der Waals surface area contributed by atoms with Crippen molar-refractivity contribution < 1.29 is 0 Å². The van der Waals surface area contributed by atoms with Gasteiger partial charge in [-0.25, -0.2) is 0 Å². The highest BCUT2D eigenvalue weighted by Crippen LogP contribution is 1.97. The zero-order valence-corrected chi connectivity index (χ0v) is 6.62. The topological polar surface area (TPSA) is 50.9 Å². The van der Waals surface area contributed by atoms with Gasteiger partial charge in [0, 0.05) is 24.4 Å². The molecule has 0 fully saturated rings. The summed E-state index contributed by atoms with van der Waals surface area (Å²) in [5.41, 5.74) is 3.74. The van der Waals surface area contributed by atoms with Gasteiger partial charge < -0.3 is 0 Å². The Morgan fingerprint density at radius 3 is 3.00 bits per heavy atom. The van der Waals surface area contributed by atoms with E-state index in [0.29, 0.717) is 0 Å². The average Bonchev–Trinajstić information content (AvgIpc) is 2.06. The lowest BCUT2D eigenvalue weighted by Gasteiger charge is -2.07. The average molecular weight is 151 g/mol. The van der Waals surface area contributed by atoms with E-state index in [1.54, 1.807) is 6.20 Å². The fraction of sp³-hybridized carbons (Fsp3) is 0.375. The van der Waals surface area contributed by atoms with Crippen LogP contribution in [-0.2, 0) is 6.42 Å². The Labute approximate surface area is 66.6 Å². The van der Waals surface area contributed by atoms with Gasteiger partial charge in [-0.2, -0.15) is 0 Å². The van der Waals surface area contributed by atoms with Crippen molar-refractivity contribution in [3.8, 4) is 0 Å². The maximum absolute atomic E-state index is 5.24. The smallest absolute Gasteiger partial charge is 0.0419 e. The lowest BCUT2D eigenvalue weighted by atomic mass is 10.2. The van der Waals surface area contributed by atoms with Crippen LogP contribution < -0.4 is 11.3 Å². The Bertz CT molecular complexity index is 198. The number of nitrogens with one attached hydrogen (secondary N) is 1. The molecule has 0 aromatic carbocycles. The fourth-order valence-corrected chi connectivity index (χ4v) is 0.892. The number of hydrazine groups is 1. The van der Waals surface area contributed by atoms with E-state index in [1.165, 1.54) is 0 Å². The SMILES string of the molecule is CC(Cc1ccccn1)NN. The summed E-state index contributed by atoms with van der Waals surface area (Å²) in [6, 6.07) is 6.16. The molecule has 0 aliphatic heterocycles. The lowest BCUT2D eigenvalue weighted by molar-refractivity contribution is 0.562. The molecule has 60 valence electrons. The molecule has 11 heavy (non-hydrogen) atoms. The van der Waals surface area contributed by atoms with Gasteiger partial charge >= 0.3 is 0 Å². The molecule has 0 saturated carbocycles. The molecule has 1 atom stereocenters. The van der Waals surface area contributed by atoms with Gasteiger partial charge in [-0.1, -0.05) is 6.07 Å². The van der Waals surface area contributed by atoms with E-state index >= 15 is 0 Å². The van der Waals surface area contributed by atoms with Crippen LogP contribution in [-0.4, -0.2) is 11.0 Å². The molecule has 1 rings (SSSR count). The first-order valence-electron chi connectivity index (χ1n) is 3.69. The quantitative estimate of drug-likeness (QED) is 0.488. The summed E-state index contributed by atoms with van der Waals surface area (Å²) in [5.74, 6) is 5.24. The third-order valence-corrected chi connectivity index (χ3v) is 1.53. The monoisotopic (exact) mass is 151 g/mol. The van der Waals surface area contributed by atoms with Crippen LogP contribution in [0.5, 0.6) is 0 Å².